The van der Waals surface area contributed by atoms with Gasteiger partial charge in [-0.25, -0.2) is 8.42 Å². The molecule has 0 aliphatic carbocycles. The van der Waals surface area contributed by atoms with Gasteiger partial charge in [-0.3, -0.25) is 4.31 Å². The average molecular weight is 505 g/mol. The Bertz CT molecular complexity index is 1200. The van der Waals surface area contributed by atoms with Crippen LogP contribution in [-0.4, -0.2) is 45.8 Å². The summed E-state index contributed by atoms with van der Waals surface area (Å²) < 4.78 is 26.9. The molecule has 0 fully saturated rings. The number of nitrogens with zero attached hydrogens (tertiary/aromatic N) is 2. The van der Waals surface area contributed by atoms with E-state index in [1.54, 1.807) is 0 Å². The lowest BCUT2D eigenvalue weighted by atomic mass is 9.87. The van der Waals surface area contributed by atoms with Crippen molar-refractivity contribution in [1.82, 2.24) is 4.90 Å². The molecule has 0 aliphatic rings. The van der Waals surface area contributed by atoms with Gasteiger partial charge in [0.15, 0.2) is 0 Å². The Morgan fingerprint density at radius 1 is 0.694 bits per heavy atom. The number of sulfonamides is 1. The van der Waals surface area contributed by atoms with Gasteiger partial charge in [-0.05, 0) is 65.9 Å². The van der Waals surface area contributed by atoms with E-state index in [-0.39, 0.29) is 0 Å². The summed E-state index contributed by atoms with van der Waals surface area (Å²) in [6.45, 7) is 9.36. The molecular weight excluding hydrogens is 464 g/mol. The molecule has 36 heavy (non-hydrogen) atoms. The Hall–Kier alpha value is -2.89. The molecule has 0 unspecified atom stereocenters. The molecule has 0 saturated heterocycles. The van der Waals surface area contributed by atoms with Crippen molar-refractivity contribution in [2.24, 2.45) is 0 Å². The molecule has 3 rings (SSSR count). The van der Waals surface area contributed by atoms with Crippen LogP contribution in [0, 0.1) is 0 Å². The molecule has 0 amide bonds. The van der Waals surface area contributed by atoms with Crippen molar-refractivity contribution in [1.29, 1.82) is 0 Å². The zero-order chi connectivity index (χ0) is 26.0. The number of likely N-dealkylation sites (N-methyl/N-ethyl adjacent to an activating group) is 1. The molecule has 0 heterocycles. The third kappa shape index (κ3) is 7.31. The first-order valence-corrected chi connectivity index (χ1v) is 14.9. The summed E-state index contributed by atoms with van der Waals surface area (Å²) in [6, 6.07) is 29.1. The highest BCUT2D eigenvalue weighted by Gasteiger charge is 2.19. The third-order valence-electron chi connectivity index (χ3n) is 6.62. The summed E-state index contributed by atoms with van der Waals surface area (Å²) in [5.74, 6) is 0. The molecule has 0 atom stereocenters. The fourth-order valence-corrected chi connectivity index (χ4v) is 5.50. The van der Waals surface area contributed by atoms with Gasteiger partial charge in [-0.15, -0.1) is 0 Å². The summed E-state index contributed by atoms with van der Waals surface area (Å²) in [5.41, 5.74) is 6.72. The molecular formula is C31H40N2O2S. The maximum atomic E-state index is 12.7. The fourth-order valence-electron chi connectivity index (χ4n) is 4.58. The van der Waals surface area contributed by atoms with E-state index in [9.17, 15) is 8.42 Å². The molecule has 0 aliphatic heterocycles. The van der Waals surface area contributed by atoms with E-state index >= 15 is 0 Å². The maximum Gasteiger partial charge on any atom is 0.232 e. The van der Waals surface area contributed by atoms with E-state index in [4.69, 9.17) is 0 Å². The largest absolute Gasteiger partial charge is 0.302 e. The molecule has 0 radical (unpaired) electrons. The molecule has 0 N–H and O–H groups in total. The molecule has 3 aromatic carbocycles. The van der Waals surface area contributed by atoms with Gasteiger partial charge in [0.1, 0.15) is 0 Å². The van der Waals surface area contributed by atoms with Gasteiger partial charge >= 0.3 is 0 Å². The lowest BCUT2D eigenvalue weighted by Crippen LogP contribution is -2.38. The smallest absolute Gasteiger partial charge is 0.232 e. The highest BCUT2D eigenvalue weighted by atomic mass is 32.2. The average Bonchev–Trinajstić information content (AvgIpc) is 2.90. The van der Waals surface area contributed by atoms with Crippen LogP contribution in [0.1, 0.15) is 56.7 Å². The van der Waals surface area contributed by atoms with Crippen molar-refractivity contribution in [2.45, 2.75) is 40.0 Å². The van der Waals surface area contributed by atoms with E-state index < -0.39 is 10.0 Å². The number of hydrogen-bond donors (Lipinski definition) is 0. The lowest BCUT2D eigenvalue weighted by molar-refractivity contribution is 0.313. The predicted octanol–water partition coefficient (Wildman–Crippen LogP) is 6.94. The number of anilines is 1. The molecule has 0 bridgehead atoms. The Labute approximate surface area is 218 Å². The van der Waals surface area contributed by atoms with Crippen molar-refractivity contribution < 1.29 is 8.42 Å². The minimum absolute atomic E-state index is 0.438. The number of hydrogen-bond acceptors (Lipinski definition) is 3. The summed E-state index contributed by atoms with van der Waals surface area (Å²) in [6.07, 6.45) is 4.49. The van der Waals surface area contributed by atoms with E-state index in [0.29, 0.717) is 18.8 Å². The van der Waals surface area contributed by atoms with Crippen LogP contribution >= 0.6 is 0 Å². The van der Waals surface area contributed by atoms with Crippen molar-refractivity contribution in [3.63, 3.8) is 0 Å². The van der Waals surface area contributed by atoms with E-state index in [1.165, 1.54) is 32.8 Å². The van der Waals surface area contributed by atoms with Gasteiger partial charge < -0.3 is 4.90 Å². The van der Waals surface area contributed by atoms with Crippen molar-refractivity contribution >= 4 is 26.9 Å². The Morgan fingerprint density at radius 2 is 1.22 bits per heavy atom. The highest BCUT2D eigenvalue weighted by Crippen LogP contribution is 2.36. The van der Waals surface area contributed by atoms with Crippen LogP contribution in [0.3, 0.4) is 0 Å². The number of allylic oxidation sites excluding steroid dienone is 1. The second-order valence-corrected chi connectivity index (χ2v) is 11.0. The SMILES string of the molecule is CCCCC(=C(c1ccccc1)c1ccc(N(CCN(CC)CC)S(C)(=O)=O)cc1)c1ccccc1. The van der Waals surface area contributed by atoms with Crippen LogP contribution in [0.15, 0.2) is 84.9 Å². The first-order valence-electron chi connectivity index (χ1n) is 13.0. The van der Waals surface area contributed by atoms with Gasteiger partial charge in [0.25, 0.3) is 0 Å². The van der Waals surface area contributed by atoms with Crippen molar-refractivity contribution in [3.8, 4) is 0 Å². The quantitative estimate of drug-likeness (QED) is 0.237. The summed E-state index contributed by atoms with van der Waals surface area (Å²) in [5, 5.41) is 0. The van der Waals surface area contributed by atoms with Gasteiger partial charge in [0, 0.05) is 13.1 Å². The second-order valence-electron chi connectivity index (χ2n) is 9.10. The van der Waals surface area contributed by atoms with Gasteiger partial charge in [0.2, 0.25) is 10.0 Å². The molecule has 0 saturated carbocycles. The van der Waals surface area contributed by atoms with Crippen LogP contribution in [0.5, 0.6) is 0 Å². The molecule has 192 valence electrons. The Morgan fingerprint density at radius 3 is 1.72 bits per heavy atom. The molecule has 4 nitrogen and oxygen atoms in total. The molecule has 0 spiro atoms. The Kier molecular flexibility index (Phi) is 10.3. The topological polar surface area (TPSA) is 40.6 Å². The fraction of sp³-hybridized carbons (Fsp3) is 0.355. The van der Waals surface area contributed by atoms with Crippen LogP contribution in [0.25, 0.3) is 11.1 Å². The first-order chi connectivity index (χ1) is 17.4. The highest BCUT2D eigenvalue weighted by molar-refractivity contribution is 7.92. The normalized spacial score (nSPS) is 12.5. The van der Waals surface area contributed by atoms with Crippen LogP contribution in [0.4, 0.5) is 5.69 Å². The zero-order valence-corrected chi connectivity index (χ0v) is 23.0. The van der Waals surface area contributed by atoms with Gasteiger partial charge in [-0.1, -0.05) is 100.0 Å². The summed E-state index contributed by atoms with van der Waals surface area (Å²) >= 11 is 0. The van der Waals surface area contributed by atoms with Crippen molar-refractivity contribution in [3.05, 3.63) is 102 Å². The predicted molar refractivity (Wildman–Crippen MR) is 155 cm³/mol. The standard InChI is InChI=1S/C31H40N2O2S/c1-5-8-19-30(26-15-11-9-12-16-26)31(27-17-13-10-14-18-27)28-20-22-29(23-21-28)33(36(4,34)35)25-24-32(6-2)7-3/h9-18,20-23H,5-8,19,24-25H2,1-4H3. The van der Waals surface area contributed by atoms with Crippen LogP contribution in [0.2, 0.25) is 0 Å². The Balaban J connectivity index is 2.08. The van der Waals surface area contributed by atoms with Crippen molar-refractivity contribution in [2.75, 3.05) is 36.7 Å². The third-order valence-corrected chi connectivity index (χ3v) is 7.82. The number of benzene rings is 3. The summed E-state index contributed by atoms with van der Waals surface area (Å²) in [4.78, 5) is 2.24. The van der Waals surface area contributed by atoms with Crippen LogP contribution in [-0.2, 0) is 10.0 Å². The molecule has 0 aromatic heterocycles. The zero-order valence-electron chi connectivity index (χ0n) is 22.2. The van der Waals surface area contributed by atoms with Crippen LogP contribution < -0.4 is 4.31 Å². The lowest BCUT2D eigenvalue weighted by Gasteiger charge is -2.26. The maximum absolute atomic E-state index is 12.7. The first kappa shape index (κ1) is 27.7. The second kappa shape index (κ2) is 13.4. The van der Waals surface area contributed by atoms with E-state index in [0.717, 1.165) is 37.9 Å². The van der Waals surface area contributed by atoms with E-state index in [2.05, 4.69) is 92.4 Å². The molecule has 5 heteroatoms. The van der Waals surface area contributed by atoms with Gasteiger partial charge in [-0.2, -0.15) is 0 Å². The number of unbranched alkanes of at least 4 members (excludes halogenated alkanes) is 1. The van der Waals surface area contributed by atoms with E-state index in [1.807, 2.05) is 18.2 Å². The minimum Gasteiger partial charge on any atom is -0.302 e. The molecule has 3 aromatic rings. The van der Waals surface area contributed by atoms with Gasteiger partial charge in [0.05, 0.1) is 11.9 Å². The minimum atomic E-state index is -3.39. The monoisotopic (exact) mass is 504 g/mol. The summed E-state index contributed by atoms with van der Waals surface area (Å²) in [7, 11) is -3.39. The number of rotatable bonds is 13.